The molecule has 2 aromatic rings. The van der Waals surface area contributed by atoms with Crippen molar-refractivity contribution in [1.82, 2.24) is 0 Å². The average molecular weight is 287 g/mol. The normalized spacial score (nSPS) is 12.7. The van der Waals surface area contributed by atoms with E-state index in [0.717, 1.165) is 3.79 Å². The van der Waals surface area contributed by atoms with Crippen LogP contribution in [0.4, 0.5) is 4.39 Å². The molecule has 1 atom stereocenters. The molecule has 0 aliphatic carbocycles. The molecule has 1 heterocycles. The number of benzene rings is 1. The molecule has 0 aliphatic rings. The largest absolute Gasteiger partial charge is 0.384 e. The van der Waals surface area contributed by atoms with Gasteiger partial charge in [0.05, 0.1) is 3.79 Å². The molecule has 1 nitrogen and oxygen atoms in total. The second-order valence-electron chi connectivity index (χ2n) is 3.11. The summed E-state index contributed by atoms with van der Waals surface area (Å²) in [6.45, 7) is 0. The molecule has 1 unspecified atom stereocenters. The zero-order valence-corrected chi connectivity index (χ0v) is 10.1. The second kappa shape index (κ2) is 4.43. The number of hydrogen-bond donors (Lipinski definition) is 1. The zero-order valence-electron chi connectivity index (χ0n) is 7.65. The highest BCUT2D eigenvalue weighted by atomic mass is 79.9. The predicted molar refractivity (Wildman–Crippen MR) is 62.5 cm³/mol. The number of rotatable bonds is 2. The van der Waals surface area contributed by atoms with E-state index in [1.165, 1.54) is 17.4 Å². The minimum absolute atomic E-state index is 0.308. The van der Waals surface area contributed by atoms with Crippen LogP contribution in [0.15, 0.2) is 39.5 Å². The van der Waals surface area contributed by atoms with Crippen molar-refractivity contribution >= 4 is 27.3 Å². The number of hydrogen-bond acceptors (Lipinski definition) is 2. The van der Waals surface area contributed by atoms with Gasteiger partial charge in [-0.25, -0.2) is 4.39 Å². The van der Waals surface area contributed by atoms with Crippen LogP contribution in [0.2, 0.25) is 0 Å². The molecule has 0 radical (unpaired) electrons. The fourth-order valence-corrected chi connectivity index (χ4v) is 2.54. The smallest absolute Gasteiger partial charge is 0.129 e. The Morgan fingerprint density at radius 1 is 1.33 bits per heavy atom. The van der Waals surface area contributed by atoms with Gasteiger partial charge in [0.1, 0.15) is 11.9 Å². The lowest BCUT2D eigenvalue weighted by Crippen LogP contribution is -2.00. The summed E-state index contributed by atoms with van der Waals surface area (Å²) in [7, 11) is 0. The minimum Gasteiger partial charge on any atom is -0.384 e. The van der Waals surface area contributed by atoms with Gasteiger partial charge in [0.2, 0.25) is 0 Å². The predicted octanol–water partition coefficient (Wildman–Crippen LogP) is 3.73. The molecule has 0 fully saturated rings. The molecule has 15 heavy (non-hydrogen) atoms. The van der Waals surface area contributed by atoms with Crippen molar-refractivity contribution in [3.63, 3.8) is 0 Å². The van der Waals surface area contributed by atoms with Gasteiger partial charge >= 0.3 is 0 Å². The first kappa shape index (κ1) is 10.8. The van der Waals surface area contributed by atoms with Crippen molar-refractivity contribution in [2.75, 3.05) is 0 Å². The summed E-state index contributed by atoms with van der Waals surface area (Å²) in [4.78, 5) is 0. The van der Waals surface area contributed by atoms with Crippen LogP contribution >= 0.6 is 27.3 Å². The van der Waals surface area contributed by atoms with E-state index in [1.807, 2.05) is 0 Å². The van der Waals surface area contributed by atoms with Gasteiger partial charge in [-0.05, 0) is 39.0 Å². The average Bonchev–Trinajstić information content (AvgIpc) is 2.65. The number of halogens is 2. The van der Waals surface area contributed by atoms with Crippen molar-refractivity contribution in [2.45, 2.75) is 6.10 Å². The Balaban J connectivity index is 2.36. The van der Waals surface area contributed by atoms with Crippen LogP contribution in [0.25, 0.3) is 0 Å². The first-order chi connectivity index (χ1) is 7.18. The van der Waals surface area contributed by atoms with Crippen LogP contribution in [-0.2, 0) is 0 Å². The van der Waals surface area contributed by atoms with Crippen LogP contribution in [-0.4, -0.2) is 5.11 Å². The Bertz CT molecular complexity index is 469. The third-order valence-electron chi connectivity index (χ3n) is 2.10. The molecule has 1 aromatic heterocycles. The van der Waals surface area contributed by atoms with E-state index >= 15 is 0 Å². The molecule has 78 valence electrons. The molecule has 0 saturated heterocycles. The summed E-state index contributed by atoms with van der Waals surface area (Å²) in [5.41, 5.74) is 1.01. The summed E-state index contributed by atoms with van der Waals surface area (Å²) in [6.07, 6.45) is -0.895. The standard InChI is InChI=1S/C11H8BrFOS/c12-10-5-7(6-15-10)11(14)8-3-1-2-4-9(8)13/h1-6,11,14H. The van der Waals surface area contributed by atoms with Gasteiger partial charge in [0.25, 0.3) is 0 Å². The lowest BCUT2D eigenvalue weighted by molar-refractivity contribution is 0.215. The van der Waals surface area contributed by atoms with Crippen LogP contribution in [0.5, 0.6) is 0 Å². The highest BCUT2D eigenvalue weighted by Crippen LogP contribution is 2.30. The van der Waals surface area contributed by atoms with Gasteiger partial charge in [-0.2, -0.15) is 0 Å². The van der Waals surface area contributed by atoms with E-state index in [-0.39, 0.29) is 5.82 Å². The first-order valence-electron chi connectivity index (χ1n) is 4.35. The molecule has 0 saturated carbocycles. The van der Waals surface area contributed by atoms with Crippen LogP contribution < -0.4 is 0 Å². The van der Waals surface area contributed by atoms with Crippen LogP contribution in [0, 0.1) is 5.82 Å². The van der Waals surface area contributed by atoms with Crippen molar-refractivity contribution in [2.24, 2.45) is 0 Å². The van der Waals surface area contributed by atoms with E-state index < -0.39 is 6.10 Å². The van der Waals surface area contributed by atoms with Gasteiger partial charge in [-0.3, -0.25) is 0 Å². The number of aliphatic hydroxyl groups is 1. The molecule has 0 amide bonds. The lowest BCUT2D eigenvalue weighted by Gasteiger charge is -2.09. The topological polar surface area (TPSA) is 20.2 Å². The van der Waals surface area contributed by atoms with Crippen molar-refractivity contribution in [3.05, 3.63) is 56.4 Å². The molecule has 4 heteroatoms. The summed E-state index contributed by atoms with van der Waals surface area (Å²) < 4.78 is 14.3. The molecule has 0 aliphatic heterocycles. The van der Waals surface area contributed by atoms with Gasteiger partial charge in [-0.15, -0.1) is 11.3 Å². The molecule has 0 bridgehead atoms. The van der Waals surface area contributed by atoms with Gasteiger partial charge in [0, 0.05) is 5.56 Å². The van der Waals surface area contributed by atoms with E-state index in [2.05, 4.69) is 15.9 Å². The molecule has 2 rings (SSSR count). The van der Waals surface area contributed by atoms with E-state index in [0.29, 0.717) is 11.1 Å². The van der Waals surface area contributed by atoms with Gasteiger partial charge < -0.3 is 5.11 Å². The lowest BCUT2D eigenvalue weighted by atomic mass is 10.0. The highest BCUT2D eigenvalue weighted by Gasteiger charge is 2.15. The minimum atomic E-state index is -0.895. The van der Waals surface area contributed by atoms with Gasteiger partial charge in [0.15, 0.2) is 0 Å². The fraction of sp³-hybridized carbons (Fsp3) is 0.0909. The quantitative estimate of drug-likeness (QED) is 0.892. The van der Waals surface area contributed by atoms with E-state index in [4.69, 9.17) is 0 Å². The van der Waals surface area contributed by atoms with Gasteiger partial charge in [-0.1, -0.05) is 18.2 Å². The Morgan fingerprint density at radius 3 is 2.67 bits per heavy atom. The van der Waals surface area contributed by atoms with E-state index in [9.17, 15) is 9.50 Å². The summed E-state index contributed by atoms with van der Waals surface area (Å²) in [5, 5.41) is 11.7. The summed E-state index contributed by atoms with van der Waals surface area (Å²) in [5.74, 6) is -0.382. The summed E-state index contributed by atoms with van der Waals surface area (Å²) >= 11 is 4.77. The third-order valence-corrected chi connectivity index (χ3v) is 3.63. The SMILES string of the molecule is OC(c1csc(Br)c1)c1ccccc1F. The molecule has 1 N–H and O–H groups in total. The molecular formula is C11H8BrFOS. The van der Waals surface area contributed by atoms with Crippen LogP contribution in [0.1, 0.15) is 17.2 Å². The van der Waals surface area contributed by atoms with Crippen LogP contribution in [0.3, 0.4) is 0 Å². The Kier molecular flexibility index (Phi) is 3.19. The van der Waals surface area contributed by atoms with Crippen molar-refractivity contribution < 1.29 is 9.50 Å². The third kappa shape index (κ3) is 2.27. The van der Waals surface area contributed by atoms with Crippen molar-refractivity contribution in [1.29, 1.82) is 0 Å². The van der Waals surface area contributed by atoms with Crippen molar-refractivity contribution in [3.8, 4) is 0 Å². The Morgan fingerprint density at radius 2 is 2.07 bits per heavy atom. The Hall–Kier alpha value is -0.710. The van der Waals surface area contributed by atoms with E-state index in [1.54, 1.807) is 29.6 Å². The second-order valence-corrected chi connectivity index (χ2v) is 5.40. The molecule has 1 aromatic carbocycles. The fourth-order valence-electron chi connectivity index (χ4n) is 1.34. The molecule has 0 spiro atoms. The monoisotopic (exact) mass is 286 g/mol. The molecular weight excluding hydrogens is 279 g/mol. The maximum Gasteiger partial charge on any atom is 0.129 e. The maximum atomic E-state index is 13.4. The number of thiophene rings is 1. The Labute approximate surface area is 99.3 Å². The highest BCUT2D eigenvalue weighted by molar-refractivity contribution is 9.11. The number of aliphatic hydroxyl groups excluding tert-OH is 1. The summed E-state index contributed by atoms with van der Waals surface area (Å²) in [6, 6.07) is 8.05. The maximum absolute atomic E-state index is 13.4. The zero-order chi connectivity index (χ0) is 10.8. The first-order valence-corrected chi connectivity index (χ1v) is 6.02.